The summed E-state index contributed by atoms with van der Waals surface area (Å²) < 4.78 is 4.64. The average molecular weight is 300 g/mol. The van der Waals surface area contributed by atoms with Crippen molar-refractivity contribution in [3.63, 3.8) is 0 Å². The number of esters is 1. The van der Waals surface area contributed by atoms with E-state index in [-0.39, 0.29) is 29.1 Å². The molecule has 0 bridgehead atoms. The molecule has 0 aliphatic heterocycles. The topological polar surface area (TPSA) is 43.4 Å². The third-order valence-electron chi connectivity index (χ3n) is 4.61. The van der Waals surface area contributed by atoms with Gasteiger partial charge in [-0.1, -0.05) is 50.3 Å². The Balaban J connectivity index is 2.25. The van der Waals surface area contributed by atoms with Crippen molar-refractivity contribution >= 4 is 11.8 Å². The molecule has 0 radical (unpaired) electrons. The van der Waals surface area contributed by atoms with Gasteiger partial charge in [0, 0.05) is 18.4 Å². The van der Waals surface area contributed by atoms with Crippen LogP contribution in [-0.2, 0) is 14.3 Å². The Kier molecular flexibility index (Phi) is 4.84. The highest BCUT2D eigenvalue weighted by Crippen LogP contribution is 2.47. The van der Waals surface area contributed by atoms with Crippen LogP contribution in [0.1, 0.15) is 27.2 Å². The van der Waals surface area contributed by atoms with Gasteiger partial charge in [-0.15, -0.1) is 0 Å². The number of fused-ring (bicyclic) bond motifs is 1. The minimum atomic E-state index is -0.349. The molecule has 0 N–H and O–H groups in total. The molecule has 0 aromatic rings. The van der Waals surface area contributed by atoms with E-state index in [1.165, 1.54) is 13.2 Å². The molecule has 22 heavy (non-hydrogen) atoms. The molecule has 3 atom stereocenters. The molecule has 0 amide bonds. The first kappa shape index (κ1) is 16.5. The van der Waals surface area contributed by atoms with Crippen molar-refractivity contribution in [3.8, 4) is 0 Å². The van der Waals surface area contributed by atoms with Crippen molar-refractivity contribution in [2.75, 3.05) is 7.11 Å². The van der Waals surface area contributed by atoms with Crippen LogP contribution in [0.25, 0.3) is 0 Å². The molecule has 0 aromatic heterocycles. The molecule has 2 aliphatic rings. The molecular formula is C19H24O3. The lowest BCUT2D eigenvalue weighted by molar-refractivity contribution is -0.135. The fraction of sp³-hybridized carbons (Fsp3) is 0.474. The molecule has 1 saturated carbocycles. The van der Waals surface area contributed by atoms with Gasteiger partial charge < -0.3 is 4.74 Å². The Labute approximate surface area is 132 Å². The number of Topliss-reactive ketones (excluding diaryl/α,β-unsaturated/α-hetero) is 1. The maximum Gasteiger partial charge on any atom is 0.330 e. The summed E-state index contributed by atoms with van der Waals surface area (Å²) in [5.41, 5.74) is 0.766. The lowest BCUT2D eigenvalue weighted by atomic mass is 9.58. The van der Waals surface area contributed by atoms with E-state index in [1.54, 1.807) is 0 Å². The molecule has 3 heteroatoms. The summed E-state index contributed by atoms with van der Waals surface area (Å²) in [7, 11) is 1.37. The van der Waals surface area contributed by atoms with Crippen LogP contribution in [0.5, 0.6) is 0 Å². The van der Waals surface area contributed by atoms with E-state index in [4.69, 9.17) is 0 Å². The normalized spacial score (nSPS) is 30.5. The number of hydrogen-bond acceptors (Lipinski definition) is 3. The quantitative estimate of drug-likeness (QED) is 0.454. The van der Waals surface area contributed by atoms with Crippen LogP contribution >= 0.6 is 0 Å². The molecule has 1 fully saturated rings. The van der Waals surface area contributed by atoms with Gasteiger partial charge >= 0.3 is 5.97 Å². The Bertz CT molecular complexity index is 575. The van der Waals surface area contributed by atoms with Gasteiger partial charge in [-0.05, 0) is 29.7 Å². The predicted octanol–water partition coefficient (Wildman–Crippen LogP) is 3.64. The maximum absolute atomic E-state index is 12.3. The summed E-state index contributed by atoms with van der Waals surface area (Å²) in [4.78, 5) is 23.6. The summed E-state index contributed by atoms with van der Waals surface area (Å²) in [6, 6.07) is 0. The smallest absolute Gasteiger partial charge is 0.330 e. The molecule has 0 spiro atoms. The van der Waals surface area contributed by atoms with Crippen LogP contribution in [-0.4, -0.2) is 18.9 Å². The van der Waals surface area contributed by atoms with Gasteiger partial charge in [-0.3, -0.25) is 4.79 Å². The lowest BCUT2D eigenvalue weighted by Crippen LogP contribution is -2.43. The van der Waals surface area contributed by atoms with Crippen LogP contribution in [0.15, 0.2) is 48.1 Å². The van der Waals surface area contributed by atoms with Crippen molar-refractivity contribution in [1.29, 1.82) is 0 Å². The van der Waals surface area contributed by atoms with E-state index >= 15 is 0 Å². The van der Waals surface area contributed by atoms with Crippen molar-refractivity contribution in [2.45, 2.75) is 27.2 Å². The monoisotopic (exact) mass is 300 g/mol. The van der Waals surface area contributed by atoms with Crippen molar-refractivity contribution < 1.29 is 14.3 Å². The van der Waals surface area contributed by atoms with Gasteiger partial charge in [0.1, 0.15) is 5.78 Å². The number of carbonyl (C=O) groups is 2. The number of carbonyl (C=O) groups excluding carboxylic acids is 2. The molecule has 0 heterocycles. The SMILES string of the molecule is COC(=O)/C=C(C)\C=C\C1C2C=CC=CC2C(=O)CC1(C)C. The Morgan fingerprint density at radius 3 is 2.68 bits per heavy atom. The van der Waals surface area contributed by atoms with Gasteiger partial charge in [-0.25, -0.2) is 4.79 Å². The van der Waals surface area contributed by atoms with Gasteiger partial charge in [0.15, 0.2) is 0 Å². The first-order valence-electron chi connectivity index (χ1n) is 7.67. The fourth-order valence-corrected chi connectivity index (χ4v) is 3.43. The number of ether oxygens (including phenoxy) is 1. The molecule has 2 rings (SSSR count). The second kappa shape index (κ2) is 6.47. The molecule has 118 valence electrons. The van der Waals surface area contributed by atoms with Crippen molar-refractivity contribution in [3.05, 3.63) is 48.1 Å². The summed E-state index contributed by atoms with van der Waals surface area (Å²) in [5, 5.41) is 0. The first-order valence-corrected chi connectivity index (χ1v) is 7.67. The van der Waals surface area contributed by atoms with E-state index in [2.05, 4.69) is 30.7 Å². The summed E-state index contributed by atoms with van der Waals surface area (Å²) >= 11 is 0. The molecule has 3 unspecified atom stereocenters. The van der Waals surface area contributed by atoms with Crippen LogP contribution < -0.4 is 0 Å². The number of ketones is 1. The standard InChI is InChI=1S/C19H24O3/c1-13(11-18(21)22-4)9-10-16-14-7-5-6-8-15(14)17(20)12-19(16,2)3/h5-11,14-16H,12H2,1-4H3/b10-9+,13-11-. The highest BCUT2D eigenvalue weighted by molar-refractivity contribution is 5.85. The average Bonchev–Trinajstić information content (AvgIpc) is 2.46. The van der Waals surface area contributed by atoms with E-state index in [0.29, 0.717) is 12.2 Å². The van der Waals surface area contributed by atoms with E-state index < -0.39 is 0 Å². The summed E-state index contributed by atoms with van der Waals surface area (Å²) in [6.45, 7) is 6.16. The van der Waals surface area contributed by atoms with Crippen LogP contribution in [0.2, 0.25) is 0 Å². The van der Waals surface area contributed by atoms with Crippen molar-refractivity contribution in [2.24, 2.45) is 23.2 Å². The Morgan fingerprint density at radius 2 is 2.00 bits per heavy atom. The van der Waals surface area contributed by atoms with Crippen LogP contribution in [0.3, 0.4) is 0 Å². The number of rotatable bonds is 3. The molecule has 2 aliphatic carbocycles. The zero-order valence-electron chi connectivity index (χ0n) is 13.7. The Hall–Kier alpha value is -1.90. The molecule has 0 saturated heterocycles. The van der Waals surface area contributed by atoms with Gasteiger partial charge in [0.25, 0.3) is 0 Å². The second-order valence-electron chi connectivity index (χ2n) is 6.80. The second-order valence-corrected chi connectivity index (χ2v) is 6.80. The van der Waals surface area contributed by atoms with Crippen molar-refractivity contribution in [1.82, 2.24) is 0 Å². The zero-order valence-corrected chi connectivity index (χ0v) is 13.7. The minimum Gasteiger partial charge on any atom is -0.466 e. The number of methoxy groups -OCH3 is 1. The largest absolute Gasteiger partial charge is 0.466 e. The maximum atomic E-state index is 12.3. The van der Waals surface area contributed by atoms with Gasteiger partial charge in [0.2, 0.25) is 0 Å². The molecule has 3 nitrogen and oxygen atoms in total. The third-order valence-corrected chi connectivity index (χ3v) is 4.61. The van der Waals surface area contributed by atoms with Crippen LogP contribution in [0, 0.1) is 23.2 Å². The number of allylic oxidation sites excluding steroid dienone is 7. The summed E-state index contributed by atoms with van der Waals surface area (Å²) in [6.07, 6.45) is 14.3. The van der Waals surface area contributed by atoms with Gasteiger partial charge in [-0.2, -0.15) is 0 Å². The van der Waals surface area contributed by atoms with E-state index in [0.717, 1.165) is 5.57 Å². The third kappa shape index (κ3) is 3.46. The highest BCUT2D eigenvalue weighted by Gasteiger charge is 2.45. The van der Waals surface area contributed by atoms with Crippen LogP contribution in [0.4, 0.5) is 0 Å². The zero-order chi connectivity index (χ0) is 16.3. The lowest BCUT2D eigenvalue weighted by Gasteiger charge is -2.45. The predicted molar refractivity (Wildman–Crippen MR) is 87.1 cm³/mol. The van der Waals surface area contributed by atoms with E-state index in [9.17, 15) is 9.59 Å². The Morgan fingerprint density at radius 1 is 1.32 bits per heavy atom. The van der Waals surface area contributed by atoms with E-state index in [1.807, 2.05) is 31.2 Å². The number of hydrogen-bond donors (Lipinski definition) is 0. The summed E-state index contributed by atoms with van der Waals surface area (Å²) in [5.74, 6) is 0.416. The molecule has 0 aromatic carbocycles. The first-order chi connectivity index (χ1) is 10.3. The van der Waals surface area contributed by atoms with Gasteiger partial charge in [0.05, 0.1) is 7.11 Å². The fourth-order valence-electron chi connectivity index (χ4n) is 3.43. The highest BCUT2D eigenvalue weighted by atomic mass is 16.5. The molecular weight excluding hydrogens is 276 g/mol. The minimum absolute atomic E-state index is 0.0161.